The molecule has 0 bridgehead atoms. The summed E-state index contributed by atoms with van der Waals surface area (Å²) in [5.41, 5.74) is 18.5. The zero-order valence-corrected chi connectivity index (χ0v) is 35.0. The van der Waals surface area contributed by atoms with Crippen molar-refractivity contribution in [1.29, 1.82) is 10.8 Å². The normalized spacial score (nSPS) is 12.3. The number of fused-ring (bicyclic) bond motifs is 3. The fraction of sp³-hybridized carbons (Fsp3) is 0.233. The van der Waals surface area contributed by atoms with E-state index < -0.39 is 0 Å². The Hall–Kier alpha value is -4.78. The summed E-state index contributed by atoms with van der Waals surface area (Å²) in [4.78, 5) is 5.60. The number of nitrogen functional groups attached to an aromatic ring is 2. The molecule has 0 amide bonds. The van der Waals surface area contributed by atoms with E-state index in [1.165, 1.54) is 25.7 Å². The number of aromatic nitrogens is 2. The number of allylic oxidation sites excluding steroid dienone is 2. The molecule has 12 heteroatoms. The number of aromatic amines is 1. The number of oxazole rings is 1. The number of ether oxygens (including phenoxy) is 1. The molecule has 0 fully saturated rings. The van der Waals surface area contributed by atoms with Gasteiger partial charge in [-0.3, -0.25) is 10.8 Å². The number of halogens is 3. The lowest BCUT2D eigenvalue weighted by Crippen LogP contribution is -3.00. The SMILES string of the molecule is CCCCCN1C(=CC=Cc2oc3ccccc3[n+]2CCCCC)Oc2ccccc21.Cl.Cl.N=C(N)c1ccc(-c2cc3ccc(C(=N)N)cc3[nH]2)cc1.[I-]. The van der Waals surface area contributed by atoms with Crippen molar-refractivity contribution >= 4 is 70.3 Å². The molecule has 0 aliphatic carbocycles. The van der Waals surface area contributed by atoms with Gasteiger partial charge in [-0.05, 0) is 60.9 Å². The molecule has 4 aromatic carbocycles. The third kappa shape index (κ3) is 10.9. The zero-order chi connectivity index (χ0) is 36.5. The van der Waals surface area contributed by atoms with Crippen LogP contribution in [0.15, 0.2) is 120 Å². The molecule has 0 saturated carbocycles. The average molecular weight is 895 g/mol. The fourth-order valence-corrected chi connectivity index (χ4v) is 6.35. The highest BCUT2D eigenvalue weighted by atomic mass is 127. The molecule has 0 unspecified atom stereocenters. The number of hydrogen-bond acceptors (Lipinski definition) is 5. The number of nitrogens with one attached hydrogen (secondary N) is 3. The number of hydrogen-bond donors (Lipinski definition) is 5. The molecule has 55 heavy (non-hydrogen) atoms. The van der Waals surface area contributed by atoms with Gasteiger partial charge in [0.1, 0.15) is 11.7 Å². The number of anilines is 1. The maximum atomic E-state index is 7.48. The summed E-state index contributed by atoms with van der Waals surface area (Å²) in [5.74, 6) is 2.80. The van der Waals surface area contributed by atoms with Gasteiger partial charge in [-0.15, -0.1) is 24.8 Å². The van der Waals surface area contributed by atoms with E-state index in [1.54, 1.807) is 0 Å². The maximum Gasteiger partial charge on any atom is 0.374 e. The number of benzene rings is 4. The van der Waals surface area contributed by atoms with Crippen LogP contribution in [0.1, 0.15) is 69.4 Å². The molecular weight excluding hydrogens is 844 g/mol. The topological polar surface area (TPSA) is 145 Å². The zero-order valence-electron chi connectivity index (χ0n) is 31.2. The van der Waals surface area contributed by atoms with Crippen molar-refractivity contribution in [2.24, 2.45) is 11.5 Å². The van der Waals surface area contributed by atoms with Gasteiger partial charge >= 0.3 is 5.89 Å². The summed E-state index contributed by atoms with van der Waals surface area (Å²) in [5, 5.41) is 15.9. The van der Waals surface area contributed by atoms with E-state index in [1.807, 2.05) is 78.9 Å². The lowest BCUT2D eigenvalue weighted by atomic mass is 10.1. The maximum absolute atomic E-state index is 7.48. The molecule has 0 atom stereocenters. The van der Waals surface area contributed by atoms with Crippen LogP contribution in [0.4, 0.5) is 5.69 Å². The number of unbranched alkanes of at least 4 members (excludes halogenated alkanes) is 4. The minimum Gasteiger partial charge on any atom is -1.00 e. The van der Waals surface area contributed by atoms with Crippen LogP contribution >= 0.6 is 24.8 Å². The Bertz CT molecular complexity index is 2250. The number of rotatable bonds is 13. The molecule has 6 aromatic rings. The second kappa shape index (κ2) is 21.3. The van der Waals surface area contributed by atoms with Gasteiger partial charge in [-0.2, -0.15) is 4.57 Å². The summed E-state index contributed by atoms with van der Waals surface area (Å²) < 4.78 is 14.6. The molecule has 3 heterocycles. The lowest BCUT2D eigenvalue weighted by Gasteiger charge is -2.17. The van der Waals surface area contributed by atoms with E-state index in [0.717, 1.165) is 82.4 Å². The van der Waals surface area contributed by atoms with Crippen molar-refractivity contribution in [3.8, 4) is 17.0 Å². The number of H-pyrrole nitrogens is 1. The first-order valence-electron chi connectivity index (χ1n) is 18.1. The van der Waals surface area contributed by atoms with Gasteiger partial charge in [0.15, 0.2) is 12.3 Å². The Morgan fingerprint density at radius 2 is 1.47 bits per heavy atom. The highest BCUT2D eigenvalue weighted by molar-refractivity contribution is 5.99. The summed E-state index contributed by atoms with van der Waals surface area (Å²) in [6.45, 7) is 6.40. The van der Waals surface area contributed by atoms with Gasteiger partial charge in [0, 0.05) is 46.8 Å². The minimum absolute atomic E-state index is 0. The van der Waals surface area contributed by atoms with Crippen LogP contribution in [0, 0.1) is 10.8 Å². The van der Waals surface area contributed by atoms with Gasteiger partial charge in [0.25, 0.3) is 5.52 Å². The molecule has 1 aliphatic rings. The number of nitrogens with zero attached hydrogens (tertiary/aromatic N) is 2. The second-order valence-electron chi connectivity index (χ2n) is 12.9. The first-order valence-corrected chi connectivity index (χ1v) is 18.1. The molecule has 0 spiro atoms. The van der Waals surface area contributed by atoms with E-state index in [9.17, 15) is 0 Å². The molecule has 9 nitrogen and oxygen atoms in total. The van der Waals surface area contributed by atoms with Gasteiger partial charge in [0.05, 0.1) is 11.8 Å². The molecule has 290 valence electrons. The smallest absolute Gasteiger partial charge is 0.374 e. The minimum atomic E-state index is 0. The first kappa shape index (κ1) is 44.6. The van der Waals surface area contributed by atoms with E-state index >= 15 is 0 Å². The van der Waals surface area contributed by atoms with Gasteiger partial charge in [0.2, 0.25) is 11.5 Å². The van der Waals surface area contributed by atoms with Crippen molar-refractivity contribution in [3.05, 3.63) is 132 Å². The van der Waals surface area contributed by atoms with Crippen molar-refractivity contribution in [3.63, 3.8) is 0 Å². The molecule has 1 aliphatic heterocycles. The van der Waals surface area contributed by atoms with Crippen molar-refractivity contribution in [2.75, 3.05) is 11.4 Å². The first-order chi connectivity index (χ1) is 25.4. The van der Waals surface area contributed by atoms with E-state index in [-0.39, 0.29) is 60.5 Å². The van der Waals surface area contributed by atoms with Crippen LogP contribution in [-0.2, 0) is 6.54 Å². The van der Waals surface area contributed by atoms with Crippen LogP contribution in [0.3, 0.4) is 0 Å². The van der Waals surface area contributed by atoms with Gasteiger partial charge in [-0.25, -0.2) is 0 Å². The average Bonchev–Trinajstić information content (AvgIpc) is 3.85. The van der Waals surface area contributed by atoms with Crippen molar-refractivity contribution in [2.45, 2.75) is 58.9 Å². The molecular formula is C43H50Cl2IN7O2. The van der Waals surface area contributed by atoms with Crippen molar-refractivity contribution < 1.29 is 37.7 Å². The molecule has 2 aromatic heterocycles. The Kier molecular flexibility index (Phi) is 17.3. The summed E-state index contributed by atoms with van der Waals surface area (Å²) in [7, 11) is 0. The Morgan fingerprint density at radius 1 is 0.800 bits per heavy atom. The number of amidine groups is 2. The van der Waals surface area contributed by atoms with Gasteiger partial charge in [-0.1, -0.05) is 93.8 Å². The van der Waals surface area contributed by atoms with E-state index in [4.69, 9.17) is 31.4 Å². The Labute approximate surface area is 352 Å². The highest BCUT2D eigenvalue weighted by Crippen LogP contribution is 2.38. The van der Waals surface area contributed by atoms with E-state index in [0.29, 0.717) is 11.1 Å². The van der Waals surface area contributed by atoms with Crippen LogP contribution in [0.25, 0.3) is 39.3 Å². The molecule has 7 rings (SSSR count). The third-order valence-corrected chi connectivity index (χ3v) is 9.16. The predicted octanol–water partition coefficient (Wildman–Crippen LogP) is 7.10. The molecule has 0 saturated heterocycles. The summed E-state index contributed by atoms with van der Waals surface area (Å²) in [6, 6.07) is 31.7. The largest absolute Gasteiger partial charge is 1.00 e. The van der Waals surface area contributed by atoms with Crippen LogP contribution in [0.5, 0.6) is 5.75 Å². The number of para-hydroxylation sites is 4. The molecule has 7 N–H and O–H groups in total. The van der Waals surface area contributed by atoms with Gasteiger partial charge < -0.3 is 54.5 Å². The standard InChI is InChI=1S/C27H33N2O2.C16H15N5.2ClH.HI/c1-3-5-11-20-28-22-14-7-9-16-24(22)30-26(28)18-13-19-27-29(21-12-6-4-2)23-15-8-10-17-25(23)31-27;17-15(18)10-3-1-9(2-4-10)13-7-11-5-6-12(16(19)20)8-14(11)21-13;;;/h7-10,13-19H,3-6,11-12,20-21H2,1-2H3;1-8,21H,(H3,17,18)(H3,19,20);3*1H/q+1;;;;/p-1. The highest BCUT2D eigenvalue weighted by Gasteiger charge is 2.25. The Balaban J connectivity index is 0.000000298. The lowest BCUT2D eigenvalue weighted by molar-refractivity contribution is -0.678. The van der Waals surface area contributed by atoms with Crippen LogP contribution in [-0.4, -0.2) is 23.2 Å². The number of nitrogens with two attached hydrogens (primary N) is 2. The van der Waals surface area contributed by atoms with Crippen LogP contribution in [0.2, 0.25) is 0 Å². The quantitative estimate of drug-likeness (QED) is 0.0276. The number of aryl methyl sites for hydroxylation is 1. The third-order valence-electron chi connectivity index (χ3n) is 9.16. The summed E-state index contributed by atoms with van der Waals surface area (Å²) >= 11 is 0. The summed E-state index contributed by atoms with van der Waals surface area (Å²) in [6.07, 6.45) is 13.3. The predicted molar refractivity (Wildman–Crippen MR) is 227 cm³/mol. The monoisotopic (exact) mass is 893 g/mol. The second-order valence-corrected chi connectivity index (χ2v) is 12.9. The fourth-order valence-electron chi connectivity index (χ4n) is 6.35. The Morgan fingerprint density at radius 3 is 2.20 bits per heavy atom. The van der Waals surface area contributed by atoms with Crippen LogP contribution < -0.4 is 49.6 Å². The molecule has 0 radical (unpaired) electrons. The van der Waals surface area contributed by atoms with E-state index in [2.05, 4.69) is 64.7 Å². The van der Waals surface area contributed by atoms with Crippen molar-refractivity contribution in [1.82, 2.24) is 4.98 Å².